The van der Waals surface area contributed by atoms with Crippen LogP contribution in [0.3, 0.4) is 0 Å². The monoisotopic (exact) mass is 205 g/mol. The number of benzene rings is 1. The van der Waals surface area contributed by atoms with E-state index in [4.69, 9.17) is 0 Å². The third kappa shape index (κ3) is 2.21. The van der Waals surface area contributed by atoms with Gasteiger partial charge in [-0.05, 0) is 32.0 Å². The van der Waals surface area contributed by atoms with Crippen molar-refractivity contribution in [1.29, 1.82) is 0 Å². The zero-order chi connectivity index (χ0) is 11.1. The van der Waals surface area contributed by atoms with E-state index < -0.39 is 5.60 Å². The van der Waals surface area contributed by atoms with Gasteiger partial charge in [-0.1, -0.05) is 23.8 Å². The van der Waals surface area contributed by atoms with E-state index in [0.29, 0.717) is 0 Å². The first-order valence-electron chi connectivity index (χ1n) is 5.46. The van der Waals surface area contributed by atoms with Crippen molar-refractivity contribution in [2.45, 2.75) is 25.9 Å². The molecule has 2 nitrogen and oxygen atoms in total. The number of likely N-dealkylation sites (N-methyl/N-ethyl adjacent to an activating group) is 1. The zero-order valence-corrected chi connectivity index (χ0v) is 9.75. The van der Waals surface area contributed by atoms with Gasteiger partial charge in [-0.2, -0.15) is 0 Å². The molecule has 1 aromatic rings. The molecule has 0 bridgehead atoms. The Hall–Kier alpha value is -0.860. The lowest BCUT2D eigenvalue weighted by Gasteiger charge is -2.44. The molecule has 2 rings (SSSR count). The topological polar surface area (TPSA) is 23.5 Å². The highest BCUT2D eigenvalue weighted by atomic mass is 16.3. The quantitative estimate of drug-likeness (QED) is 0.791. The van der Waals surface area contributed by atoms with Crippen LogP contribution in [0.5, 0.6) is 0 Å². The standard InChI is InChI=1S/C13H19NO/c1-10-4-5-12(11(2)6-10)7-13(15)8-14(3)9-13/h4-6,15H,7-9H2,1-3H3. The summed E-state index contributed by atoms with van der Waals surface area (Å²) in [4.78, 5) is 2.14. The minimum atomic E-state index is -0.491. The van der Waals surface area contributed by atoms with Crippen LogP contribution in [0.15, 0.2) is 18.2 Å². The van der Waals surface area contributed by atoms with E-state index in [1.165, 1.54) is 16.7 Å². The van der Waals surface area contributed by atoms with Crippen LogP contribution in [0.1, 0.15) is 16.7 Å². The third-order valence-corrected chi connectivity index (χ3v) is 3.15. The van der Waals surface area contributed by atoms with Gasteiger partial charge in [-0.15, -0.1) is 0 Å². The van der Waals surface area contributed by atoms with Gasteiger partial charge in [0.05, 0.1) is 5.60 Å². The Morgan fingerprint density at radius 1 is 1.33 bits per heavy atom. The molecule has 0 atom stereocenters. The Kier molecular flexibility index (Phi) is 2.57. The Bertz CT molecular complexity index is 367. The minimum Gasteiger partial charge on any atom is -0.387 e. The summed E-state index contributed by atoms with van der Waals surface area (Å²) in [5.74, 6) is 0. The molecule has 0 unspecified atom stereocenters. The maximum atomic E-state index is 10.2. The summed E-state index contributed by atoms with van der Waals surface area (Å²) in [5.41, 5.74) is 3.36. The first-order valence-corrected chi connectivity index (χ1v) is 5.46. The molecule has 1 aliphatic rings. The number of rotatable bonds is 2. The highest BCUT2D eigenvalue weighted by molar-refractivity contribution is 5.32. The van der Waals surface area contributed by atoms with Crippen LogP contribution in [0.25, 0.3) is 0 Å². The molecule has 0 saturated carbocycles. The molecule has 0 aliphatic carbocycles. The predicted molar refractivity (Wildman–Crippen MR) is 62.1 cm³/mol. The van der Waals surface area contributed by atoms with Gasteiger partial charge in [-0.3, -0.25) is 0 Å². The summed E-state index contributed by atoms with van der Waals surface area (Å²) in [7, 11) is 2.04. The van der Waals surface area contributed by atoms with Crippen molar-refractivity contribution < 1.29 is 5.11 Å². The maximum Gasteiger partial charge on any atom is 0.0940 e. The number of β-amino-alcohol motifs (C(OH)–C–C–N with tert-alkyl or cyclic N) is 1. The Labute approximate surface area is 91.5 Å². The summed E-state index contributed by atoms with van der Waals surface area (Å²) in [6.07, 6.45) is 0.781. The molecule has 1 N–H and O–H groups in total. The van der Waals surface area contributed by atoms with Gasteiger partial charge in [0.2, 0.25) is 0 Å². The van der Waals surface area contributed by atoms with E-state index >= 15 is 0 Å². The van der Waals surface area contributed by atoms with Gasteiger partial charge in [0.15, 0.2) is 0 Å². The zero-order valence-electron chi connectivity index (χ0n) is 9.75. The first kappa shape index (κ1) is 10.7. The molecular weight excluding hydrogens is 186 g/mol. The van der Waals surface area contributed by atoms with E-state index in [-0.39, 0.29) is 0 Å². The van der Waals surface area contributed by atoms with Gasteiger partial charge >= 0.3 is 0 Å². The van der Waals surface area contributed by atoms with Crippen molar-refractivity contribution in [3.05, 3.63) is 34.9 Å². The molecular formula is C13H19NO. The molecule has 1 fully saturated rings. The van der Waals surface area contributed by atoms with Crippen LogP contribution in [0.2, 0.25) is 0 Å². The van der Waals surface area contributed by atoms with Crippen molar-refractivity contribution in [3.63, 3.8) is 0 Å². The fourth-order valence-corrected chi connectivity index (χ4v) is 2.47. The summed E-state index contributed by atoms with van der Waals surface area (Å²) >= 11 is 0. The molecule has 82 valence electrons. The van der Waals surface area contributed by atoms with Crippen LogP contribution >= 0.6 is 0 Å². The Morgan fingerprint density at radius 2 is 2.00 bits per heavy atom. The van der Waals surface area contributed by atoms with Gasteiger partial charge in [0, 0.05) is 19.5 Å². The normalized spacial score (nSPS) is 20.0. The SMILES string of the molecule is Cc1ccc(CC2(O)CN(C)C2)c(C)c1. The minimum absolute atomic E-state index is 0.491. The van der Waals surface area contributed by atoms with Crippen LogP contribution in [-0.2, 0) is 6.42 Å². The number of aliphatic hydroxyl groups is 1. The Morgan fingerprint density at radius 3 is 2.53 bits per heavy atom. The van der Waals surface area contributed by atoms with Crippen LogP contribution in [0.4, 0.5) is 0 Å². The molecule has 0 aromatic heterocycles. The second kappa shape index (κ2) is 3.62. The van der Waals surface area contributed by atoms with Crippen molar-refractivity contribution in [1.82, 2.24) is 4.90 Å². The van der Waals surface area contributed by atoms with Gasteiger partial charge in [0.1, 0.15) is 0 Å². The smallest absolute Gasteiger partial charge is 0.0940 e. The molecule has 1 saturated heterocycles. The van der Waals surface area contributed by atoms with Crippen LogP contribution < -0.4 is 0 Å². The molecule has 15 heavy (non-hydrogen) atoms. The molecule has 2 heteroatoms. The lowest BCUT2D eigenvalue weighted by molar-refractivity contribution is -0.0848. The summed E-state index contributed by atoms with van der Waals surface area (Å²) in [6, 6.07) is 6.44. The lowest BCUT2D eigenvalue weighted by Crippen LogP contribution is -2.61. The number of aryl methyl sites for hydroxylation is 2. The first-order chi connectivity index (χ1) is 6.98. The largest absolute Gasteiger partial charge is 0.387 e. The fourth-order valence-electron chi connectivity index (χ4n) is 2.47. The Balaban J connectivity index is 2.11. The molecule has 1 heterocycles. The van der Waals surface area contributed by atoms with Crippen molar-refractivity contribution in [2.24, 2.45) is 0 Å². The molecule has 1 aliphatic heterocycles. The number of likely N-dealkylation sites (tertiary alicyclic amines) is 1. The summed E-state index contributed by atoms with van der Waals surface area (Å²) in [5, 5.41) is 10.2. The summed E-state index contributed by atoms with van der Waals surface area (Å²) in [6.45, 7) is 5.80. The van der Waals surface area contributed by atoms with Crippen LogP contribution in [0, 0.1) is 13.8 Å². The highest BCUT2D eigenvalue weighted by Crippen LogP contribution is 2.25. The predicted octanol–water partition coefficient (Wildman–Crippen LogP) is 1.52. The van der Waals surface area contributed by atoms with E-state index in [0.717, 1.165) is 19.5 Å². The van der Waals surface area contributed by atoms with E-state index in [9.17, 15) is 5.11 Å². The van der Waals surface area contributed by atoms with Crippen molar-refractivity contribution in [3.8, 4) is 0 Å². The molecule has 0 spiro atoms. The van der Waals surface area contributed by atoms with Crippen molar-refractivity contribution >= 4 is 0 Å². The fraction of sp³-hybridized carbons (Fsp3) is 0.538. The average Bonchev–Trinajstić information content (AvgIpc) is 2.08. The molecule has 0 amide bonds. The highest BCUT2D eigenvalue weighted by Gasteiger charge is 2.38. The molecule has 0 radical (unpaired) electrons. The lowest BCUT2D eigenvalue weighted by atomic mass is 9.86. The third-order valence-electron chi connectivity index (χ3n) is 3.15. The van der Waals surface area contributed by atoms with Gasteiger partial charge in [-0.25, -0.2) is 0 Å². The van der Waals surface area contributed by atoms with E-state index in [1.54, 1.807) is 0 Å². The molecule has 1 aromatic carbocycles. The van der Waals surface area contributed by atoms with Gasteiger partial charge in [0.25, 0.3) is 0 Å². The number of hydrogen-bond acceptors (Lipinski definition) is 2. The number of hydrogen-bond donors (Lipinski definition) is 1. The van der Waals surface area contributed by atoms with E-state index in [1.807, 2.05) is 7.05 Å². The second-order valence-electron chi connectivity index (χ2n) is 5.00. The number of nitrogens with zero attached hydrogens (tertiary/aromatic N) is 1. The van der Waals surface area contributed by atoms with Crippen molar-refractivity contribution in [2.75, 3.05) is 20.1 Å². The maximum absolute atomic E-state index is 10.2. The van der Waals surface area contributed by atoms with Gasteiger partial charge < -0.3 is 10.0 Å². The summed E-state index contributed by atoms with van der Waals surface area (Å²) < 4.78 is 0. The van der Waals surface area contributed by atoms with E-state index in [2.05, 4.69) is 36.9 Å². The van der Waals surface area contributed by atoms with Crippen LogP contribution in [-0.4, -0.2) is 35.7 Å². The average molecular weight is 205 g/mol. The second-order valence-corrected chi connectivity index (χ2v) is 5.00.